The van der Waals surface area contributed by atoms with Gasteiger partial charge in [-0.05, 0) is 18.5 Å². The lowest BCUT2D eigenvalue weighted by atomic mass is 10.3. The Bertz CT molecular complexity index is 532. The van der Waals surface area contributed by atoms with Crippen molar-refractivity contribution < 1.29 is 14.1 Å². The predicted octanol–water partition coefficient (Wildman–Crippen LogP) is 1.29. The zero-order chi connectivity index (χ0) is 13.0. The van der Waals surface area contributed by atoms with E-state index < -0.39 is 0 Å². The summed E-state index contributed by atoms with van der Waals surface area (Å²) in [6.07, 6.45) is 0.831. The van der Waals surface area contributed by atoms with Crippen LogP contribution in [0.3, 0.4) is 0 Å². The highest BCUT2D eigenvalue weighted by Crippen LogP contribution is 2.10. The number of nitrogens with one attached hydrogen (secondary N) is 2. The second kappa shape index (κ2) is 5.35. The minimum atomic E-state index is -0.301. The average Bonchev–Trinajstić information content (AvgIpc) is 2.95. The summed E-state index contributed by atoms with van der Waals surface area (Å²) >= 11 is 0. The molecule has 7 nitrogen and oxygen atoms in total. The molecule has 0 saturated heterocycles. The van der Waals surface area contributed by atoms with Crippen LogP contribution in [0.1, 0.15) is 18.4 Å². The van der Waals surface area contributed by atoms with Crippen LogP contribution >= 0.6 is 0 Å². The van der Waals surface area contributed by atoms with E-state index in [-0.39, 0.29) is 12.5 Å². The van der Waals surface area contributed by atoms with Crippen LogP contribution in [-0.4, -0.2) is 27.9 Å². The molecule has 2 aromatic heterocycles. The van der Waals surface area contributed by atoms with Crippen molar-refractivity contribution in [1.29, 1.82) is 0 Å². The average molecular weight is 250 g/mol. The number of aromatic amines is 1. The molecule has 1 amide bonds. The first-order chi connectivity index (χ1) is 8.67. The summed E-state index contributed by atoms with van der Waals surface area (Å²) in [5.74, 6) is 1.10. The number of aryl methyl sites for hydroxylation is 2. The smallest absolute Gasteiger partial charge is 0.263 e. The second-order valence-electron chi connectivity index (χ2n) is 3.74. The van der Waals surface area contributed by atoms with E-state index in [1.54, 1.807) is 19.1 Å². The van der Waals surface area contributed by atoms with Crippen molar-refractivity contribution in [2.75, 3.05) is 11.9 Å². The zero-order valence-corrected chi connectivity index (χ0v) is 10.2. The van der Waals surface area contributed by atoms with Gasteiger partial charge in [-0.3, -0.25) is 9.89 Å². The fourth-order valence-electron chi connectivity index (χ4n) is 1.34. The molecule has 0 aliphatic carbocycles. The van der Waals surface area contributed by atoms with Crippen LogP contribution in [0.5, 0.6) is 5.88 Å². The van der Waals surface area contributed by atoms with Gasteiger partial charge in [-0.2, -0.15) is 5.10 Å². The molecule has 0 bridgehead atoms. The summed E-state index contributed by atoms with van der Waals surface area (Å²) in [7, 11) is 0. The van der Waals surface area contributed by atoms with Gasteiger partial charge in [0.25, 0.3) is 11.8 Å². The molecule has 96 valence electrons. The van der Waals surface area contributed by atoms with Crippen molar-refractivity contribution in [2.24, 2.45) is 0 Å². The molecule has 0 atom stereocenters. The molecule has 7 heteroatoms. The Morgan fingerprint density at radius 3 is 3.00 bits per heavy atom. The van der Waals surface area contributed by atoms with Crippen LogP contribution < -0.4 is 10.1 Å². The Morgan fingerprint density at radius 2 is 2.39 bits per heavy atom. The fourth-order valence-corrected chi connectivity index (χ4v) is 1.34. The molecular formula is C11H14N4O3. The van der Waals surface area contributed by atoms with Crippen molar-refractivity contribution in [3.63, 3.8) is 0 Å². The lowest BCUT2D eigenvalue weighted by Crippen LogP contribution is -2.20. The number of H-pyrrole nitrogens is 1. The van der Waals surface area contributed by atoms with Gasteiger partial charge in [-0.1, -0.05) is 6.92 Å². The number of hydrogen-bond donors (Lipinski definition) is 2. The molecule has 2 aromatic rings. The summed E-state index contributed by atoms with van der Waals surface area (Å²) in [4.78, 5) is 11.5. The van der Waals surface area contributed by atoms with Crippen LogP contribution in [0.25, 0.3) is 0 Å². The zero-order valence-electron chi connectivity index (χ0n) is 10.2. The van der Waals surface area contributed by atoms with Gasteiger partial charge in [0.1, 0.15) is 5.76 Å². The summed E-state index contributed by atoms with van der Waals surface area (Å²) in [6.45, 7) is 3.60. The van der Waals surface area contributed by atoms with Crippen LogP contribution in [0.15, 0.2) is 16.7 Å². The third-order valence-corrected chi connectivity index (χ3v) is 2.24. The van der Waals surface area contributed by atoms with Crippen LogP contribution in [0.2, 0.25) is 0 Å². The quantitative estimate of drug-likeness (QED) is 0.833. The largest absolute Gasteiger partial charge is 0.465 e. The van der Waals surface area contributed by atoms with Gasteiger partial charge in [-0.15, -0.1) is 0 Å². The molecule has 0 unspecified atom stereocenters. The Kier molecular flexibility index (Phi) is 3.61. The maximum absolute atomic E-state index is 11.5. The van der Waals surface area contributed by atoms with E-state index in [4.69, 9.17) is 9.26 Å². The fraction of sp³-hybridized carbons (Fsp3) is 0.364. The van der Waals surface area contributed by atoms with Gasteiger partial charge in [0, 0.05) is 17.8 Å². The van der Waals surface area contributed by atoms with Gasteiger partial charge in [0.2, 0.25) is 0 Å². The number of carbonyl (C=O) groups is 1. The van der Waals surface area contributed by atoms with E-state index in [0.29, 0.717) is 17.5 Å². The molecule has 2 heterocycles. The predicted molar refractivity (Wildman–Crippen MR) is 63.3 cm³/mol. The van der Waals surface area contributed by atoms with Crippen molar-refractivity contribution in [1.82, 2.24) is 15.4 Å². The third-order valence-electron chi connectivity index (χ3n) is 2.24. The van der Waals surface area contributed by atoms with Crippen molar-refractivity contribution in [2.45, 2.75) is 20.3 Å². The van der Waals surface area contributed by atoms with Crippen LogP contribution in [0, 0.1) is 6.92 Å². The molecule has 0 aliphatic heterocycles. The molecular weight excluding hydrogens is 236 g/mol. The standard InChI is InChI=1S/C11H14N4O3/c1-3-8-5-9(14-13-8)12-10(16)6-17-11-4-7(2)18-15-11/h4-5H,3,6H2,1-2H3,(H2,12,13,14,16). The number of nitrogens with zero attached hydrogens (tertiary/aromatic N) is 2. The normalized spacial score (nSPS) is 10.3. The molecule has 2 rings (SSSR count). The molecule has 2 N–H and O–H groups in total. The lowest BCUT2D eigenvalue weighted by Gasteiger charge is -2.01. The van der Waals surface area contributed by atoms with E-state index in [2.05, 4.69) is 20.7 Å². The molecule has 0 saturated carbocycles. The van der Waals surface area contributed by atoms with Gasteiger partial charge in [-0.25, -0.2) is 0 Å². The van der Waals surface area contributed by atoms with E-state index in [1.165, 1.54) is 0 Å². The summed E-state index contributed by atoms with van der Waals surface area (Å²) in [6, 6.07) is 3.38. The number of anilines is 1. The maximum Gasteiger partial charge on any atom is 0.263 e. The van der Waals surface area contributed by atoms with Gasteiger partial charge in [0.05, 0.1) is 0 Å². The molecule has 0 aromatic carbocycles. The van der Waals surface area contributed by atoms with E-state index in [1.807, 2.05) is 6.92 Å². The maximum atomic E-state index is 11.5. The number of carbonyl (C=O) groups excluding carboxylic acids is 1. The van der Waals surface area contributed by atoms with Gasteiger partial charge in [0.15, 0.2) is 12.4 Å². The summed E-state index contributed by atoms with van der Waals surface area (Å²) in [5.41, 5.74) is 0.957. The highest BCUT2D eigenvalue weighted by Gasteiger charge is 2.08. The van der Waals surface area contributed by atoms with Gasteiger partial charge >= 0.3 is 0 Å². The molecule has 0 aliphatic rings. The number of rotatable bonds is 5. The Balaban J connectivity index is 1.81. The van der Waals surface area contributed by atoms with Crippen LogP contribution in [0.4, 0.5) is 5.82 Å². The first-order valence-corrected chi connectivity index (χ1v) is 5.57. The Hall–Kier alpha value is -2.31. The SMILES string of the molecule is CCc1cc(NC(=O)COc2cc(C)on2)n[nH]1. The second-order valence-corrected chi connectivity index (χ2v) is 3.74. The highest BCUT2D eigenvalue weighted by atomic mass is 16.5. The third kappa shape index (κ3) is 3.09. The lowest BCUT2D eigenvalue weighted by molar-refractivity contribution is -0.118. The molecule has 0 spiro atoms. The Morgan fingerprint density at radius 1 is 1.56 bits per heavy atom. The van der Waals surface area contributed by atoms with E-state index in [0.717, 1.165) is 12.1 Å². The highest BCUT2D eigenvalue weighted by molar-refractivity contribution is 5.90. The van der Waals surface area contributed by atoms with E-state index in [9.17, 15) is 4.79 Å². The number of amides is 1. The number of ether oxygens (including phenoxy) is 1. The van der Waals surface area contributed by atoms with E-state index >= 15 is 0 Å². The monoisotopic (exact) mass is 250 g/mol. The topological polar surface area (TPSA) is 93.0 Å². The van der Waals surface area contributed by atoms with Gasteiger partial charge < -0.3 is 14.6 Å². The first kappa shape index (κ1) is 12.2. The molecule has 0 fully saturated rings. The Labute approximate surface area is 104 Å². The minimum absolute atomic E-state index is 0.139. The molecule has 0 radical (unpaired) electrons. The summed E-state index contributed by atoms with van der Waals surface area (Å²) < 4.78 is 9.95. The van der Waals surface area contributed by atoms with Crippen LogP contribution in [-0.2, 0) is 11.2 Å². The molecule has 18 heavy (non-hydrogen) atoms. The first-order valence-electron chi connectivity index (χ1n) is 5.57. The minimum Gasteiger partial charge on any atom is -0.465 e. The number of hydrogen-bond acceptors (Lipinski definition) is 5. The van der Waals surface area contributed by atoms with Crippen molar-refractivity contribution in [3.8, 4) is 5.88 Å². The van der Waals surface area contributed by atoms with Crippen molar-refractivity contribution in [3.05, 3.63) is 23.6 Å². The summed E-state index contributed by atoms with van der Waals surface area (Å²) in [5, 5.41) is 13.0. The van der Waals surface area contributed by atoms with Crippen molar-refractivity contribution >= 4 is 11.7 Å². The number of aromatic nitrogens is 3.